The van der Waals surface area contributed by atoms with Crippen molar-refractivity contribution in [1.82, 2.24) is 14.5 Å². The molecule has 1 rings (SSSR count). The lowest BCUT2D eigenvalue weighted by Crippen LogP contribution is -2.37. The molecule has 0 aliphatic heterocycles. The van der Waals surface area contributed by atoms with Gasteiger partial charge in [0, 0.05) is 38.1 Å². The number of hydrogen-bond acceptors (Lipinski definition) is 3. The SMILES string of the molecule is Cc1nccn1CCN(C)C(C)CN. The second-order valence-electron chi connectivity index (χ2n) is 3.73. The Hall–Kier alpha value is -0.870. The Kier molecular flexibility index (Phi) is 4.10. The number of nitrogens with zero attached hydrogens (tertiary/aromatic N) is 3. The van der Waals surface area contributed by atoms with Crippen LogP contribution in [0.25, 0.3) is 0 Å². The van der Waals surface area contributed by atoms with Crippen LogP contribution in [0.1, 0.15) is 12.7 Å². The Morgan fingerprint density at radius 3 is 2.86 bits per heavy atom. The van der Waals surface area contributed by atoms with Gasteiger partial charge in [-0.3, -0.25) is 0 Å². The number of nitrogens with two attached hydrogens (primary N) is 1. The van der Waals surface area contributed by atoms with Crippen LogP contribution in [0.15, 0.2) is 12.4 Å². The number of aromatic nitrogens is 2. The van der Waals surface area contributed by atoms with Crippen LogP contribution in [-0.4, -0.2) is 40.6 Å². The summed E-state index contributed by atoms with van der Waals surface area (Å²) in [5.74, 6) is 1.07. The van der Waals surface area contributed by atoms with E-state index in [9.17, 15) is 0 Å². The molecule has 1 atom stereocenters. The molecule has 4 heteroatoms. The summed E-state index contributed by atoms with van der Waals surface area (Å²) < 4.78 is 2.15. The van der Waals surface area contributed by atoms with Crippen molar-refractivity contribution in [3.8, 4) is 0 Å². The van der Waals surface area contributed by atoms with Crippen LogP contribution in [0, 0.1) is 6.92 Å². The van der Waals surface area contributed by atoms with E-state index in [4.69, 9.17) is 5.73 Å². The third kappa shape index (κ3) is 2.82. The molecule has 0 amide bonds. The van der Waals surface area contributed by atoms with E-state index in [0.717, 1.165) is 18.9 Å². The molecule has 0 radical (unpaired) electrons. The fraction of sp³-hybridized carbons (Fsp3) is 0.700. The lowest BCUT2D eigenvalue weighted by atomic mass is 10.3. The fourth-order valence-electron chi connectivity index (χ4n) is 1.31. The van der Waals surface area contributed by atoms with Crippen molar-refractivity contribution in [1.29, 1.82) is 0 Å². The third-order valence-corrected chi connectivity index (χ3v) is 2.71. The van der Waals surface area contributed by atoms with Crippen molar-refractivity contribution in [3.63, 3.8) is 0 Å². The summed E-state index contributed by atoms with van der Waals surface area (Å²) >= 11 is 0. The average molecular weight is 196 g/mol. The van der Waals surface area contributed by atoms with Crippen LogP contribution >= 0.6 is 0 Å². The van der Waals surface area contributed by atoms with Gasteiger partial charge in [0.05, 0.1) is 0 Å². The molecule has 0 saturated carbocycles. The van der Waals surface area contributed by atoms with E-state index < -0.39 is 0 Å². The van der Waals surface area contributed by atoms with Gasteiger partial charge in [-0.2, -0.15) is 0 Å². The first-order chi connectivity index (χ1) is 6.65. The summed E-state index contributed by atoms with van der Waals surface area (Å²) in [5, 5.41) is 0. The number of hydrogen-bond donors (Lipinski definition) is 1. The highest BCUT2D eigenvalue weighted by molar-refractivity contribution is 4.88. The molecule has 4 nitrogen and oxygen atoms in total. The molecule has 0 spiro atoms. The van der Waals surface area contributed by atoms with Crippen molar-refractivity contribution in [3.05, 3.63) is 18.2 Å². The zero-order valence-corrected chi connectivity index (χ0v) is 9.27. The molecule has 2 N–H and O–H groups in total. The first-order valence-electron chi connectivity index (χ1n) is 5.03. The van der Waals surface area contributed by atoms with E-state index in [-0.39, 0.29) is 0 Å². The highest BCUT2D eigenvalue weighted by atomic mass is 15.2. The molecule has 1 heterocycles. The zero-order chi connectivity index (χ0) is 10.6. The smallest absolute Gasteiger partial charge is 0.105 e. The maximum Gasteiger partial charge on any atom is 0.105 e. The number of rotatable bonds is 5. The Morgan fingerprint density at radius 1 is 1.64 bits per heavy atom. The molecule has 0 aliphatic carbocycles. The van der Waals surface area contributed by atoms with Crippen LogP contribution in [0.2, 0.25) is 0 Å². The molecule has 1 unspecified atom stereocenters. The summed E-state index contributed by atoms with van der Waals surface area (Å²) in [5.41, 5.74) is 5.59. The topological polar surface area (TPSA) is 47.1 Å². The molecule has 0 aliphatic rings. The Bertz CT molecular complexity index is 269. The van der Waals surface area contributed by atoms with Crippen molar-refractivity contribution in [2.75, 3.05) is 20.1 Å². The molecule has 0 aromatic carbocycles. The minimum Gasteiger partial charge on any atom is -0.334 e. The Balaban J connectivity index is 2.37. The zero-order valence-electron chi connectivity index (χ0n) is 9.27. The second kappa shape index (κ2) is 5.12. The van der Waals surface area contributed by atoms with Crippen LogP contribution in [0.3, 0.4) is 0 Å². The molecule has 0 saturated heterocycles. The van der Waals surface area contributed by atoms with Crippen molar-refractivity contribution in [2.45, 2.75) is 26.4 Å². The van der Waals surface area contributed by atoms with E-state index in [1.54, 1.807) is 0 Å². The first kappa shape index (κ1) is 11.2. The summed E-state index contributed by atoms with van der Waals surface area (Å²) in [6.07, 6.45) is 3.85. The number of likely N-dealkylation sites (N-methyl/N-ethyl adjacent to an activating group) is 1. The third-order valence-electron chi connectivity index (χ3n) is 2.71. The van der Waals surface area contributed by atoms with E-state index in [1.165, 1.54) is 0 Å². The highest BCUT2D eigenvalue weighted by Crippen LogP contribution is 1.98. The monoisotopic (exact) mass is 196 g/mol. The van der Waals surface area contributed by atoms with Gasteiger partial charge in [-0.1, -0.05) is 0 Å². The van der Waals surface area contributed by atoms with E-state index in [2.05, 4.69) is 28.4 Å². The normalized spacial score (nSPS) is 13.5. The van der Waals surface area contributed by atoms with Crippen molar-refractivity contribution < 1.29 is 0 Å². The first-order valence-corrected chi connectivity index (χ1v) is 5.03. The molecule has 1 aromatic rings. The predicted octanol–water partition coefficient (Wildman–Crippen LogP) is 0.471. The van der Waals surface area contributed by atoms with Gasteiger partial charge in [0.1, 0.15) is 5.82 Å². The van der Waals surface area contributed by atoms with Crippen LogP contribution in [-0.2, 0) is 6.54 Å². The van der Waals surface area contributed by atoms with Crippen LogP contribution < -0.4 is 5.73 Å². The quantitative estimate of drug-likeness (QED) is 0.744. The van der Waals surface area contributed by atoms with Gasteiger partial charge < -0.3 is 15.2 Å². The maximum atomic E-state index is 5.59. The minimum atomic E-state index is 0.443. The van der Waals surface area contributed by atoms with Gasteiger partial charge in [-0.15, -0.1) is 0 Å². The Labute approximate surface area is 85.7 Å². The summed E-state index contributed by atoms with van der Waals surface area (Å²) in [4.78, 5) is 6.44. The van der Waals surface area contributed by atoms with Gasteiger partial charge >= 0.3 is 0 Å². The van der Waals surface area contributed by atoms with E-state index >= 15 is 0 Å². The molecular weight excluding hydrogens is 176 g/mol. The number of imidazole rings is 1. The average Bonchev–Trinajstić information content (AvgIpc) is 2.59. The highest BCUT2D eigenvalue weighted by Gasteiger charge is 2.06. The van der Waals surface area contributed by atoms with E-state index in [0.29, 0.717) is 12.6 Å². The lowest BCUT2D eigenvalue weighted by Gasteiger charge is -2.23. The lowest BCUT2D eigenvalue weighted by molar-refractivity contribution is 0.252. The van der Waals surface area contributed by atoms with Gasteiger partial charge in [-0.25, -0.2) is 4.98 Å². The molecule has 0 bridgehead atoms. The van der Waals surface area contributed by atoms with Crippen LogP contribution in [0.5, 0.6) is 0 Å². The predicted molar refractivity (Wildman–Crippen MR) is 58.1 cm³/mol. The fourth-order valence-corrected chi connectivity index (χ4v) is 1.31. The largest absolute Gasteiger partial charge is 0.334 e. The van der Waals surface area contributed by atoms with Gasteiger partial charge in [-0.05, 0) is 20.9 Å². The maximum absolute atomic E-state index is 5.59. The summed E-state index contributed by atoms with van der Waals surface area (Å²) in [6, 6.07) is 0.443. The standard InChI is InChI=1S/C10H20N4/c1-9(8-11)13(3)6-7-14-5-4-12-10(14)2/h4-5,9H,6-8,11H2,1-3H3. The van der Waals surface area contributed by atoms with E-state index in [1.807, 2.05) is 19.3 Å². The van der Waals surface area contributed by atoms with Crippen LogP contribution in [0.4, 0.5) is 0 Å². The molecular formula is C10H20N4. The molecule has 80 valence electrons. The summed E-state index contributed by atoms with van der Waals surface area (Å²) in [6.45, 7) is 6.86. The summed E-state index contributed by atoms with van der Waals surface area (Å²) in [7, 11) is 2.10. The van der Waals surface area contributed by atoms with Crippen molar-refractivity contribution >= 4 is 0 Å². The molecule has 14 heavy (non-hydrogen) atoms. The van der Waals surface area contributed by atoms with Gasteiger partial charge in [0.2, 0.25) is 0 Å². The van der Waals surface area contributed by atoms with Gasteiger partial charge in [0.25, 0.3) is 0 Å². The Morgan fingerprint density at radius 2 is 2.36 bits per heavy atom. The van der Waals surface area contributed by atoms with Crippen molar-refractivity contribution in [2.24, 2.45) is 5.73 Å². The van der Waals surface area contributed by atoms with Gasteiger partial charge in [0.15, 0.2) is 0 Å². The molecule has 0 fully saturated rings. The number of aryl methyl sites for hydroxylation is 1. The second-order valence-corrected chi connectivity index (χ2v) is 3.73. The molecule has 1 aromatic heterocycles. The minimum absolute atomic E-state index is 0.443.